The molecule has 4 nitrogen and oxygen atoms in total. The first-order chi connectivity index (χ1) is 16.5. The Labute approximate surface area is 214 Å². The van der Waals surface area contributed by atoms with Crippen LogP contribution in [0.5, 0.6) is 0 Å². The molecule has 0 spiro atoms. The molecule has 2 aliphatic rings. The van der Waals surface area contributed by atoms with Crippen LogP contribution in [-0.2, 0) is 20.7 Å². The van der Waals surface area contributed by atoms with Crippen LogP contribution in [0.3, 0.4) is 0 Å². The molecule has 1 unspecified atom stereocenters. The highest BCUT2D eigenvalue weighted by Gasteiger charge is 2.61. The minimum absolute atomic E-state index is 0.198. The highest BCUT2D eigenvalue weighted by atomic mass is 35.5. The lowest BCUT2D eigenvalue weighted by molar-refractivity contribution is -0.260. The number of carbonyl (C=O) groups is 1. The SMILES string of the molecule is CC(C)(C)OC(=O)N1CC(F)(c2ccc(C3=COC(c4cc(Cl)c(F)c(Cl)c4)(C(F)(F)F)C3)cc2)C1. The van der Waals surface area contributed by atoms with Crippen molar-refractivity contribution in [2.45, 2.75) is 50.2 Å². The largest absolute Gasteiger partial charge is 0.480 e. The van der Waals surface area contributed by atoms with Gasteiger partial charge in [0.1, 0.15) is 5.60 Å². The number of halogens is 7. The molecule has 1 saturated heterocycles. The van der Waals surface area contributed by atoms with Crippen LogP contribution in [0.25, 0.3) is 5.57 Å². The topological polar surface area (TPSA) is 38.8 Å². The number of hydrogen-bond acceptors (Lipinski definition) is 3. The molecule has 1 atom stereocenters. The molecular weight excluding hydrogens is 528 g/mol. The number of nitrogens with zero attached hydrogens (tertiary/aromatic N) is 1. The summed E-state index contributed by atoms with van der Waals surface area (Å²) >= 11 is 11.5. The summed E-state index contributed by atoms with van der Waals surface area (Å²) in [7, 11) is 0. The predicted molar refractivity (Wildman–Crippen MR) is 125 cm³/mol. The van der Waals surface area contributed by atoms with E-state index in [1.165, 1.54) is 29.2 Å². The van der Waals surface area contributed by atoms with Gasteiger partial charge in [0, 0.05) is 12.0 Å². The zero-order valence-corrected chi connectivity index (χ0v) is 21.0. The molecule has 2 aliphatic heterocycles. The Morgan fingerprint density at radius 3 is 2.08 bits per heavy atom. The Kier molecular flexibility index (Phi) is 6.49. The standard InChI is InChI=1S/C25H22Cl2F5NO3/c1-22(2,3)36-21(34)33-12-23(29,13-33)16-6-4-14(5-7-16)15-10-24(35-11-15,25(30,31)32)17-8-18(26)20(28)19(27)9-17/h4-9,11H,10,12-13H2,1-3H3. The van der Waals surface area contributed by atoms with Gasteiger partial charge < -0.3 is 14.4 Å². The van der Waals surface area contributed by atoms with E-state index in [0.717, 1.165) is 18.4 Å². The molecule has 4 rings (SSSR count). The van der Waals surface area contributed by atoms with Crippen LogP contribution in [0, 0.1) is 5.82 Å². The maximum Gasteiger partial charge on any atom is 0.432 e. The average Bonchev–Trinajstić information content (AvgIpc) is 3.21. The predicted octanol–water partition coefficient (Wildman–Crippen LogP) is 7.77. The van der Waals surface area contributed by atoms with Crippen LogP contribution in [0.1, 0.15) is 43.9 Å². The Morgan fingerprint density at radius 1 is 1.03 bits per heavy atom. The molecule has 1 fully saturated rings. The van der Waals surface area contributed by atoms with Crippen molar-refractivity contribution in [2.75, 3.05) is 13.1 Å². The van der Waals surface area contributed by atoms with Gasteiger partial charge >= 0.3 is 12.3 Å². The lowest BCUT2D eigenvalue weighted by atomic mass is 9.84. The normalized spacial score (nSPS) is 21.5. The van der Waals surface area contributed by atoms with E-state index in [4.69, 9.17) is 32.7 Å². The fourth-order valence-corrected chi connectivity index (χ4v) is 4.65. The Morgan fingerprint density at radius 2 is 1.58 bits per heavy atom. The van der Waals surface area contributed by atoms with Gasteiger partial charge in [-0.25, -0.2) is 13.6 Å². The first kappa shape index (κ1) is 26.5. The quantitative estimate of drug-likeness (QED) is 0.290. The molecule has 0 aliphatic carbocycles. The molecule has 0 bridgehead atoms. The lowest BCUT2D eigenvalue weighted by Gasteiger charge is -2.44. The first-order valence-corrected chi connectivity index (χ1v) is 11.7. The van der Waals surface area contributed by atoms with E-state index in [9.17, 15) is 22.4 Å². The smallest absolute Gasteiger partial charge is 0.432 e. The number of benzene rings is 2. The molecule has 2 aromatic rings. The molecule has 1 amide bonds. The molecule has 0 aromatic heterocycles. The average molecular weight is 550 g/mol. The monoisotopic (exact) mass is 549 g/mol. The second-order valence-corrected chi connectivity index (χ2v) is 10.7. The van der Waals surface area contributed by atoms with Crippen LogP contribution in [0.15, 0.2) is 42.7 Å². The zero-order chi connectivity index (χ0) is 26.7. The van der Waals surface area contributed by atoms with Crippen LogP contribution in [0.2, 0.25) is 10.0 Å². The Bertz CT molecular complexity index is 1190. The van der Waals surface area contributed by atoms with Gasteiger partial charge in [0.15, 0.2) is 11.5 Å². The van der Waals surface area contributed by atoms with Gasteiger partial charge in [-0.2, -0.15) is 13.2 Å². The summed E-state index contributed by atoms with van der Waals surface area (Å²) in [4.78, 5) is 13.3. The second kappa shape index (κ2) is 8.80. The lowest BCUT2D eigenvalue weighted by Crippen LogP contribution is -2.59. The fraction of sp³-hybridized carbons (Fsp3) is 0.400. The van der Waals surface area contributed by atoms with Crippen LogP contribution >= 0.6 is 23.2 Å². The van der Waals surface area contributed by atoms with E-state index in [0.29, 0.717) is 5.56 Å². The van der Waals surface area contributed by atoms with Crippen molar-refractivity contribution in [3.63, 3.8) is 0 Å². The van der Waals surface area contributed by atoms with Crippen molar-refractivity contribution >= 4 is 34.9 Å². The third-order valence-electron chi connectivity index (χ3n) is 6.06. The Balaban J connectivity index is 1.52. The van der Waals surface area contributed by atoms with Gasteiger partial charge in [-0.1, -0.05) is 47.5 Å². The molecule has 2 aromatic carbocycles. The number of carbonyl (C=O) groups excluding carboxylic acids is 1. The van der Waals surface area contributed by atoms with Crippen molar-refractivity contribution in [2.24, 2.45) is 0 Å². The number of amides is 1. The third kappa shape index (κ3) is 4.75. The van der Waals surface area contributed by atoms with E-state index >= 15 is 4.39 Å². The second-order valence-electron chi connectivity index (χ2n) is 9.90. The van der Waals surface area contributed by atoms with E-state index in [-0.39, 0.29) is 24.2 Å². The summed E-state index contributed by atoms with van der Waals surface area (Å²) in [5.41, 5.74) is -4.89. The van der Waals surface area contributed by atoms with E-state index in [1.54, 1.807) is 20.8 Å². The molecule has 11 heteroatoms. The Hall–Kier alpha value is -2.52. The summed E-state index contributed by atoms with van der Waals surface area (Å²) in [6.45, 7) is 4.73. The number of alkyl halides is 4. The minimum atomic E-state index is -4.88. The highest BCUT2D eigenvalue weighted by Crippen LogP contribution is 2.53. The summed E-state index contributed by atoms with van der Waals surface area (Å²) in [5.74, 6) is -1.03. The number of rotatable bonds is 3. The van der Waals surface area contributed by atoms with Gasteiger partial charge in [0.2, 0.25) is 5.60 Å². The summed E-state index contributed by atoms with van der Waals surface area (Å²) in [5, 5.41) is -1.12. The van der Waals surface area contributed by atoms with Gasteiger partial charge in [-0.15, -0.1) is 0 Å². The molecular formula is C25H22Cl2F5NO3. The summed E-state index contributed by atoms with van der Waals surface area (Å²) in [6, 6.07) is 7.58. The fourth-order valence-electron chi connectivity index (χ4n) is 4.16. The van der Waals surface area contributed by atoms with Crippen LogP contribution < -0.4 is 0 Å². The van der Waals surface area contributed by atoms with Crippen molar-refractivity contribution in [1.82, 2.24) is 4.90 Å². The zero-order valence-electron chi connectivity index (χ0n) is 19.5. The highest BCUT2D eigenvalue weighted by molar-refractivity contribution is 6.35. The summed E-state index contributed by atoms with van der Waals surface area (Å²) in [6.07, 6.45) is -5.14. The van der Waals surface area contributed by atoms with Crippen molar-refractivity contribution < 1.29 is 36.2 Å². The van der Waals surface area contributed by atoms with Crippen molar-refractivity contribution in [3.8, 4) is 0 Å². The summed E-state index contributed by atoms with van der Waals surface area (Å²) < 4.78 is 82.1. The van der Waals surface area contributed by atoms with Gasteiger partial charge in [-0.3, -0.25) is 0 Å². The van der Waals surface area contributed by atoms with Gasteiger partial charge in [-0.05, 0) is 49.6 Å². The number of ether oxygens (including phenoxy) is 2. The number of hydrogen-bond donors (Lipinski definition) is 0. The van der Waals surface area contributed by atoms with E-state index < -0.39 is 57.0 Å². The first-order valence-electron chi connectivity index (χ1n) is 10.9. The van der Waals surface area contributed by atoms with E-state index in [2.05, 4.69) is 0 Å². The molecule has 0 radical (unpaired) electrons. The number of likely N-dealkylation sites (tertiary alicyclic amines) is 1. The van der Waals surface area contributed by atoms with Crippen LogP contribution in [0.4, 0.5) is 26.7 Å². The van der Waals surface area contributed by atoms with Gasteiger partial charge in [0.25, 0.3) is 0 Å². The maximum absolute atomic E-state index is 15.3. The van der Waals surface area contributed by atoms with E-state index in [1.807, 2.05) is 0 Å². The molecule has 36 heavy (non-hydrogen) atoms. The van der Waals surface area contributed by atoms with Gasteiger partial charge in [0.05, 0.1) is 29.4 Å². The third-order valence-corrected chi connectivity index (χ3v) is 6.61. The maximum atomic E-state index is 15.3. The molecule has 194 valence electrons. The molecule has 0 N–H and O–H groups in total. The minimum Gasteiger partial charge on any atom is -0.480 e. The van der Waals surface area contributed by atoms with Crippen molar-refractivity contribution in [1.29, 1.82) is 0 Å². The van der Waals surface area contributed by atoms with Crippen LogP contribution in [-0.4, -0.2) is 35.9 Å². The molecule has 2 heterocycles. The van der Waals surface area contributed by atoms with Crippen molar-refractivity contribution in [3.05, 3.63) is 75.2 Å². The molecule has 0 saturated carbocycles.